The molecule has 0 spiro atoms. The third-order valence-corrected chi connectivity index (χ3v) is 6.44. The Labute approximate surface area is 175 Å². The lowest BCUT2D eigenvalue weighted by Crippen LogP contribution is -3.14. The van der Waals surface area contributed by atoms with Gasteiger partial charge in [0.15, 0.2) is 6.54 Å². The lowest BCUT2D eigenvalue weighted by Gasteiger charge is -2.36. The summed E-state index contributed by atoms with van der Waals surface area (Å²) in [6, 6.07) is 13.5. The van der Waals surface area contributed by atoms with Gasteiger partial charge in [-0.2, -0.15) is 5.10 Å². The molecule has 0 fully saturated rings. The number of aryl methyl sites for hydroxylation is 2. The molecule has 2 atom stereocenters. The van der Waals surface area contributed by atoms with Gasteiger partial charge in [-0.05, 0) is 43.0 Å². The minimum absolute atomic E-state index is 0.0377. The van der Waals surface area contributed by atoms with Crippen molar-refractivity contribution in [2.24, 2.45) is 5.10 Å². The molecule has 1 aromatic heterocycles. The Hall–Kier alpha value is -3.12. The van der Waals surface area contributed by atoms with Crippen molar-refractivity contribution in [2.75, 3.05) is 13.1 Å². The van der Waals surface area contributed by atoms with E-state index in [1.807, 2.05) is 0 Å². The van der Waals surface area contributed by atoms with Crippen LogP contribution in [0.1, 0.15) is 41.3 Å². The molecular weight excluding hydrogens is 376 g/mol. The molecule has 1 aliphatic carbocycles. The first-order valence-electron chi connectivity index (χ1n) is 10.7. The minimum Gasteiger partial charge on any atom is -0.872 e. The predicted octanol–water partition coefficient (Wildman–Crippen LogP) is 1.45. The summed E-state index contributed by atoms with van der Waals surface area (Å²) in [5.74, 6) is -0.112. The van der Waals surface area contributed by atoms with E-state index in [1.54, 1.807) is 18.3 Å². The molecule has 2 heterocycles. The molecule has 2 N–H and O–H groups in total. The third kappa shape index (κ3) is 3.37. The number of hydrazone groups is 1. The maximum absolute atomic E-state index is 12.5. The number of rotatable bonds is 4. The van der Waals surface area contributed by atoms with Gasteiger partial charge >= 0.3 is 0 Å². The van der Waals surface area contributed by atoms with Gasteiger partial charge in [0.1, 0.15) is 6.04 Å². The zero-order chi connectivity index (χ0) is 20.7. The molecule has 0 bridgehead atoms. The Kier molecular flexibility index (Phi) is 4.79. The van der Waals surface area contributed by atoms with Crippen LogP contribution in [0.3, 0.4) is 0 Å². The van der Waals surface area contributed by atoms with Crippen LogP contribution in [-0.4, -0.2) is 29.8 Å². The number of carbonyl (C=O) groups is 1. The minimum atomic E-state index is -0.0748. The van der Waals surface area contributed by atoms with Gasteiger partial charge in [0.25, 0.3) is 5.91 Å². The Bertz CT molecular complexity index is 1130. The lowest BCUT2D eigenvalue weighted by molar-refractivity contribution is -0.929. The number of aromatic nitrogens is 1. The fourth-order valence-corrected chi connectivity index (χ4v) is 5.10. The van der Waals surface area contributed by atoms with Crippen molar-refractivity contribution >= 4 is 23.0 Å². The van der Waals surface area contributed by atoms with Crippen molar-refractivity contribution in [3.8, 4) is 5.75 Å². The van der Waals surface area contributed by atoms with Crippen molar-refractivity contribution in [2.45, 2.75) is 38.8 Å². The van der Waals surface area contributed by atoms with E-state index in [1.165, 1.54) is 51.2 Å². The van der Waals surface area contributed by atoms with E-state index in [2.05, 4.69) is 40.2 Å². The van der Waals surface area contributed by atoms with Crippen LogP contribution in [0.15, 0.2) is 47.6 Å². The maximum atomic E-state index is 12.5. The third-order valence-electron chi connectivity index (χ3n) is 6.44. The highest BCUT2D eigenvalue weighted by Gasteiger charge is 2.38. The zero-order valence-corrected chi connectivity index (χ0v) is 17.1. The molecule has 6 heteroatoms. The van der Waals surface area contributed by atoms with E-state index in [9.17, 15) is 9.90 Å². The first-order chi connectivity index (χ1) is 14.6. The Morgan fingerprint density at radius 2 is 2.13 bits per heavy atom. The molecule has 1 aliphatic heterocycles. The Balaban J connectivity index is 1.32. The van der Waals surface area contributed by atoms with Gasteiger partial charge in [0.05, 0.1) is 25.0 Å². The van der Waals surface area contributed by atoms with Gasteiger partial charge in [-0.15, -0.1) is 5.75 Å². The molecule has 2 aromatic carbocycles. The monoisotopic (exact) mass is 402 g/mol. The average Bonchev–Trinajstić information content (AvgIpc) is 3.06. The molecule has 2 aliphatic rings. The van der Waals surface area contributed by atoms with Crippen molar-refractivity contribution < 1.29 is 14.8 Å². The van der Waals surface area contributed by atoms with E-state index >= 15 is 0 Å². The summed E-state index contributed by atoms with van der Waals surface area (Å²) in [6.45, 7) is 4.46. The van der Waals surface area contributed by atoms with Crippen LogP contribution in [0, 0.1) is 6.92 Å². The van der Waals surface area contributed by atoms with Gasteiger partial charge < -0.3 is 14.6 Å². The first-order valence-corrected chi connectivity index (χ1v) is 10.7. The Morgan fingerprint density at radius 1 is 1.30 bits per heavy atom. The number of benzene rings is 2. The van der Waals surface area contributed by atoms with E-state index in [0.717, 1.165) is 31.5 Å². The summed E-state index contributed by atoms with van der Waals surface area (Å²) < 4.78 is 2.49. The standard InChI is InChI=1S/C24H26N4O2/c1-16-5-10-21-20(13-16)19-3-2-4-22-24(19)28(21)12-11-27(22)15-23(30)26-25-14-17-6-8-18(29)9-7-17/h5-10,13-14,22,29H,2-4,11-12,15H2,1H3,(H,26,30)/b25-14+. The summed E-state index contributed by atoms with van der Waals surface area (Å²) in [6.07, 6.45) is 4.99. The second-order valence-electron chi connectivity index (χ2n) is 8.43. The number of fused-ring (bicyclic) bond motifs is 3. The second-order valence-corrected chi connectivity index (χ2v) is 8.43. The fourth-order valence-electron chi connectivity index (χ4n) is 5.10. The molecule has 30 heavy (non-hydrogen) atoms. The topological polar surface area (TPSA) is 73.9 Å². The summed E-state index contributed by atoms with van der Waals surface area (Å²) in [5.41, 5.74) is 9.02. The van der Waals surface area contributed by atoms with Gasteiger partial charge in [0, 0.05) is 17.3 Å². The molecule has 1 amide bonds. The average molecular weight is 402 g/mol. The predicted molar refractivity (Wildman–Crippen MR) is 115 cm³/mol. The number of nitrogens with one attached hydrogen (secondary N) is 2. The second kappa shape index (κ2) is 7.61. The number of hydrogen-bond acceptors (Lipinski definition) is 3. The number of carbonyl (C=O) groups excluding carboxylic acids is 1. The smallest absolute Gasteiger partial charge is 0.295 e. The quantitative estimate of drug-likeness (QED) is 0.512. The summed E-state index contributed by atoms with van der Waals surface area (Å²) >= 11 is 0. The van der Waals surface area contributed by atoms with E-state index in [4.69, 9.17) is 0 Å². The van der Waals surface area contributed by atoms with Crippen molar-refractivity contribution in [3.05, 3.63) is 64.8 Å². The van der Waals surface area contributed by atoms with Gasteiger partial charge in [0.2, 0.25) is 0 Å². The van der Waals surface area contributed by atoms with Crippen LogP contribution >= 0.6 is 0 Å². The number of nitrogens with zero attached hydrogens (tertiary/aromatic N) is 2. The zero-order valence-electron chi connectivity index (χ0n) is 17.1. The molecular formula is C24H26N4O2. The van der Waals surface area contributed by atoms with Gasteiger partial charge in [-0.25, -0.2) is 5.43 Å². The van der Waals surface area contributed by atoms with Crippen LogP contribution in [0.25, 0.3) is 10.9 Å². The van der Waals surface area contributed by atoms with Crippen LogP contribution in [-0.2, 0) is 17.8 Å². The summed E-state index contributed by atoms with van der Waals surface area (Å²) in [7, 11) is 0. The van der Waals surface area contributed by atoms with Crippen LogP contribution in [0.4, 0.5) is 0 Å². The van der Waals surface area contributed by atoms with E-state index in [0.29, 0.717) is 12.6 Å². The molecule has 5 rings (SSSR count). The number of hydrogen-bond donors (Lipinski definition) is 2. The summed E-state index contributed by atoms with van der Waals surface area (Å²) in [5, 5.41) is 16.6. The molecule has 6 nitrogen and oxygen atoms in total. The highest BCUT2D eigenvalue weighted by molar-refractivity contribution is 5.87. The Morgan fingerprint density at radius 3 is 2.97 bits per heavy atom. The molecule has 0 saturated carbocycles. The van der Waals surface area contributed by atoms with Crippen molar-refractivity contribution in [1.82, 2.24) is 9.99 Å². The van der Waals surface area contributed by atoms with Crippen LogP contribution in [0.5, 0.6) is 5.75 Å². The molecule has 2 unspecified atom stereocenters. The van der Waals surface area contributed by atoms with E-state index < -0.39 is 0 Å². The molecule has 0 saturated heterocycles. The highest BCUT2D eigenvalue weighted by atomic mass is 16.3. The molecule has 154 valence electrons. The van der Waals surface area contributed by atoms with Crippen LogP contribution in [0.2, 0.25) is 0 Å². The lowest BCUT2D eigenvalue weighted by atomic mass is 9.89. The first kappa shape index (κ1) is 18.9. The number of quaternary nitrogens is 1. The maximum Gasteiger partial charge on any atom is 0.295 e. The molecule has 3 aromatic rings. The fraction of sp³-hybridized carbons (Fsp3) is 0.333. The van der Waals surface area contributed by atoms with Crippen molar-refractivity contribution in [3.63, 3.8) is 0 Å². The summed E-state index contributed by atoms with van der Waals surface area (Å²) in [4.78, 5) is 13.9. The van der Waals surface area contributed by atoms with Gasteiger partial charge in [-0.3, -0.25) is 4.79 Å². The molecule has 0 radical (unpaired) electrons. The highest BCUT2D eigenvalue weighted by Crippen LogP contribution is 2.37. The largest absolute Gasteiger partial charge is 0.872 e. The van der Waals surface area contributed by atoms with Gasteiger partial charge in [-0.1, -0.05) is 35.9 Å². The SMILES string of the molecule is Cc1ccc2c(c1)c1c3n2CC[NH+](CC(=O)N/N=C/c2ccc([O-])cc2)C3CCC1. The van der Waals surface area contributed by atoms with Crippen LogP contribution < -0.4 is 15.4 Å². The van der Waals surface area contributed by atoms with E-state index in [-0.39, 0.29) is 11.7 Å². The normalized spacial score (nSPS) is 20.4. The van der Waals surface area contributed by atoms with Crippen molar-refractivity contribution in [1.29, 1.82) is 0 Å². The number of amides is 1.